The van der Waals surface area contributed by atoms with Crippen LogP contribution < -0.4 is 14.5 Å². The lowest BCUT2D eigenvalue weighted by atomic mass is 10.2. The molecule has 156 valence electrons. The third kappa shape index (κ3) is 3.20. The van der Waals surface area contributed by atoms with E-state index in [1.165, 1.54) is 6.33 Å². The number of nitrogens with zero attached hydrogens (tertiary/aromatic N) is 6. The Kier molecular flexibility index (Phi) is 4.86. The molecule has 2 aromatic heterocycles. The Morgan fingerprint density at radius 2 is 1.77 bits per heavy atom. The largest absolute Gasteiger partial charge is 0.495 e. The van der Waals surface area contributed by atoms with Crippen molar-refractivity contribution in [2.75, 3.05) is 56.2 Å². The van der Waals surface area contributed by atoms with Gasteiger partial charge in [-0.15, -0.1) is 0 Å². The fourth-order valence-electron chi connectivity index (χ4n) is 4.28. The van der Waals surface area contributed by atoms with Gasteiger partial charge in [0, 0.05) is 39.3 Å². The molecule has 9 nitrogen and oxygen atoms in total. The highest BCUT2D eigenvalue weighted by Gasteiger charge is 2.30. The van der Waals surface area contributed by atoms with Crippen molar-refractivity contribution >= 4 is 28.5 Å². The molecule has 2 fully saturated rings. The number of hydrogen-bond acceptors (Lipinski definition) is 8. The van der Waals surface area contributed by atoms with Gasteiger partial charge < -0.3 is 24.0 Å². The minimum Gasteiger partial charge on any atom is -0.495 e. The number of aromatic nitrogens is 3. The summed E-state index contributed by atoms with van der Waals surface area (Å²) >= 11 is 0. The molecule has 1 aromatic carbocycles. The van der Waals surface area contributed by atoms with Crippen molar-refractivity contribution in [1.29, 1.82) is 0 Å². The van der Waals surface area contributed by atoms with E-state index in [2.05, 4.69) is 24.9 Å². The van der Waals surface area contributed by atoms with Gasteiger partial charge in [-0.2, -0.15) is 4.98 Å². The first-order chi connectivity index (χ1) is 14.8. The van der Waals surface area contributed by atoms with Gasteiger partial charge in [0.25, 0.3) is 11.6 Å². The average Bonchev–Trinajstić information content (AvgIpc) is 3.49. The number of piperazine rings is 1. The van der Waals surface area contributed by atoms with Gasteiger partial charge in [-0.05, 0) is 25.0 Å². The zero-order valence-electron chi connectivity index (χ0n) is 17.0. The van der Waals surface area contributed by atoms with Crippen molar-refractivity contribution in [1.82, 2.24) is 20.0 Å². The quantitative estimate of drug-likeness (QED) is 0.649. The summed E-state index contributed by atoms with van der Waals surface area (Å²) in [7, 11) is 1.67. The zero-order valence-corrected chi connectivity index (χ0v) is 17.0. The maximum absolute atomic E-state index is 13.3. The van der Waals surface area contributed by atoms with Crippen LogP contribution in [0.2, 0.25) is 0 Å². The van der Waals surface area contributed by atoms with E-state index in [1.807, 2.05) is 29.2 Å². The smallest absolute Gasteiger partial charge is 0.277 e. The predicted octanol–water partition coefficient (Wildman–Crippen LogP) is 2.19. The molecule has 0 saturated carbocycles. The third-order valence-electron chi connectivity index (χ3n) is 5.85. The van der Waals surface area contributed by atoms with E-state index >= 15 is 0 Å². The van der Waals surface area contributed by atoms with Crippen LogP contribution in [0, 0.1) is 0 Å². The first-order valence-corrected chi connectivity index (χ1v) is 10.3. The van der Waals surface area contributed by atoms with Crippen LogP contribution in [0.1, 0.15) is 23.3 Å². The van der Waals surface area contributed by atoms with Crippen molar-refractivity contribution in [2.45, 2.75) is 12.8 Å². The maximum atomic E-state index is 13.3. The molecule has 9 heteroatoms. The van der Waals surface area contributed by atoms with Crippen LogP contribution in [0.25, 0.3) is 11.1 Å². The fraction of sp³-hybridized carbons (Fsp3) is 0.429. The van der Waals surface area contributed by atoms with Crippen molar-refractivity contribution in [3.8, 4) is 5.75 Å². The van der Waals surface area contributed by atoms with Crippen LogP contribution in [0.3, 0.4) is 0 Å². The van der Waals surface area contributed by atoms with Crippen molar-refractivity contribution < 1.29 is 14.1 Å². The summed E-state index contributed by atoms with van der Waals surface area (Å²) < 4.78 is 10.9. The van der Waals surface area contributed by atoms with Gasteiger partial charge in [0.2, 0.25) is 0 Å². The molecule has 2 saturated heterocycles. The summed E-state index contributed by atoms with van der Waals surface area (Å²) in [6.07, 6.45) is 3.71. The number of hydrogen-bond donors (Lipinski definition) is 0. The number of anilines is 2. The Hall–Kier alpha value is -3.36. The number of carbonyl (C=O) groups is 1. The van der Waals surface area contributed by atoms with Crippen LogP contribution in [0.15, 0.2) is 35.1 Å². The van der Waals surface area contributed by atoms with Crippen LogP contribution >= 0.6 is 0 Å². The molecule has 4 heterocycles. The molecule has 2 aliphatic rings. The lowest BCUT2D eigenvalue weighted by Gasteiger charge is -2.36. The van der Waals surface area contributed by atoms with Crippen LogP contribution in [-0.2, 0) is 0 Å². The van der Waals surface area contributed by atoms with E-state index in [-0.39, 0.29) is 5.91 Å². The number of rotatable bonds is 4. The third-order valence-corrected chi connectivity index (χ3v) is 5.85. The molecule has 2 aliphatic heterocycles. The first-order valence-electron chi connectivity index (χ1n) is 10.3. The number of methoxy groups -OCH3 is 1. The number of benzene rings is 1. The highest BCUT2D eigenvalue weighted by atomic mass is 16.5. The Morgan fingerprint density at radius 1 is 1.00 bits per heavy atom. The number of fused-ring (bicyclic) bond motifs is 1. The lowest BCUT2D eigenvalue weighted by Crippen LogP contribution is -2.49. The van der Waals surface area contributed by atoms with Gasteiger partial charge in [-0.1, -0.05) is 17.3 Å². The predicted molar refractivity (Wildman–Crippen MR) is 112 cm³/mol. The minimum absolute atomic E-state index is 0.135. The Labute approximate surface area is 174 Å². The molecule has 0 unspecified atom stereocenters. The number of carbonyl (C=O) groups excluding carboxylic acids is 1. The molecule has 3 aromatic rings. The van der Waals surface area contributed by atoms with Crippen LogP contribution in [-0.4, -0.2) is 72.3 Å². The number of amides is 1. The second kappa shape index (κ2) is 7.81. The average molecular weight is 408 g/mol. The summed E-state index contributed by atoms with van der Waals surface area (Å²) in [6, 6.07) is 7.95. The van der Waals surface area contributed by atoms with E-state index in [9.17, 15) is 4.79 Å². The molecule has 30 heavy (non-hydrogen) atoms. The van der Waals surface area contributed by atoms with Crippen molar-refractivity contribution in [3.05, 3.63) is 36.3 Å². The highest BCUT2D eigenvalue weighted by molar-refractivity contribution is 6.07. The highest BCUT2D eigenvalue weighted by Crippen LogP contribution is 2.31. The molecule has 0 spiro atoms. The van der Waals surface area contributed by atoms with Crippen molar-refractivity contribution in [3.63, 3.8) is 0 Å². The van der Waals surface area contributed by atoms with Gasteiger partial charge in [-0.25, -0.2) is 4.98 Å². The van der Waals surface area contributed by atoms with Gasteiger partial charge in [0.1, 0.15) is 23.3 Å². The van der Waals surface area contributed by atoms with E-state index < -0.39 is 0 Å². The molecule has 0 bridgehead atoms. The monoisotopic (exact) mass is 408 g/mol. The molecule has 5 rings (SSSR count). The van der Waals surface area contributed by atoms with Gasteiger partial charge >= 0.3 is 0 Å². The molecule has 0 atom stereocenters. The normalized spacial score (nSPS) is 17.0. The second-order valence-electron chi connectivity index (χ2n) is 7.55. The Morgan fingerprint density at radius 3 is 2.53 bits per heavy atom. The lowest BCUT2D eigenvalue weighted by molar-refractivity contribution is 0.0738. The molecule has 0 aliphatic carbocycles. The van der Waals surface area contributed by atoms with E-state index in [1.54, 1.807) is 7.11 Å². The second-order valence-corrected chi connectivity index (χ2v) is 7.55. The molecular formula is C21H24N6O3. The molecule has 0 N–H and O–H groups in total. The summed E-state index contributed by atoms with van der Waals surface area (Å²) in [6.45, 7) is 4.47. The van der Waals surface area contributed by atoms with Crippen LogP contribution in [0.5, 0.6) is 5.75 Å². The zero-order chi connectivity index (χ0) is 20.5. The van der Waals surface area contributed by atoms with Crippen molar-refractivity contribution in [2.24, 2.45) is 0 Å². The minimum atomic E-state index is -0.135. The summed E-state index contributed by atoms with van der Waals surface area (Å²) in [4.78, 5) is 28.1. The Balaban J connectivity index is 1.37. The fourth-order valence-corrected chi connectivity index (χ4v) is 4.28. The molecule has 0 radical (unpaired) electrons. The van der Waals surface area contributed by atoms with E-state index in [0.29, 0.717) is 29.9 Å². The SMILES string of the molecule is COc1ccccc1N1CCN(C(=O)c2noc3ncnc(N4CCCC4)c23)CC1. The molecule has 1 amide bonds. The number of para-hydroxylation sites is 2. The maximum Gasteiger partial charge on any atom is 0.277 e. The summed E-state index contributed by atoms with van der Waals surface area (Å²) in [5, 5.41) is 4.70. The molecular weight excluding hydrogens is 384 g/mol. The summed E-state index contributed by atoms with van der Waals surface area (Å²) in [5.74, 6) is 1.45. The number of ether oxygens (including phenoxy) is 1. The van der Waals surface area contributed by atoms with Gasteiger partial charge in [0.05, 0.1) is 12.8 Å². The Bertz CT molecular complexity index is 1050. The van der Waals surface area contributed by atoms with E-state index in [4.69, 9.17) is 9.26 Å². The van der Waals surface area contributed by atoms with E-state index in [0.717, 1.165) is 56.3 Å². The van der Waals surface area contributed by atoms with Crippen LogP contribution in [0.4, 0.5) is 11.5 Å². The summed E-state index contributed by atoms with van der Waals surface area (Å²) in [5.41, 5.74) is 1.71. The van der Waals surface area contributed by atoms with Gasteiger partial charge in [-0.3, -0.25) is 4.79 Å². The standard InChI is InChI=1S/C21H24N6O3/c1-29-16-7-3-2-6-15(16)25-10-12-27(13-11-25)21(28)18-17-19(26-8-4-5-9-26)22-14-23-20(17)30-24-18/h2-3,6-7,14H,4-5,8-13H2,1H3. The first kappa shape index (κ1) is 18.7. The van der Waals surface area contributed by atoms with Gasteiger partial charge in [0.15, 0.2) is 5.69 Å². The topological polar surface area (TPSA) is 87.8 Å².